The Balaban J connectivity index is 1.95. The summed E-state index contributed by atoms with van der Waals surface area (Å²) in [5.74, 6) is 1.98. The molecule has 1 atom stereocenters. The fourth-order valence-corrected chi connectivity index (χ4v) is 2.07. The largest absolute Gasteiger partial charge is 0.490 e. The number of fused-ring (bicyclic) bond motifs is 1. The van der Waals surface area contributed by atoms with Crippen LogP contribution in [-0.4, -0.2) is 38.9 Å². The van der Waals surface area contributed by atoms with Crippen molar-refractivity contribution in [2.45, 2.75) is 25.9 Å². The first kappa shape index (κ1) is 15.4. The van der Waals surface area contributed by atoms with Gasteiger partial charge in [0, 0.05) is 19.6 Å². The fourth-order valence-electron chi connectivity index (χ4n) is 2.07. The molecule has 1 aromatic rings. The lowest BCUT2D eigenvalue weighted by molar-refractivity contribution is 0.179. The highest BCUT2D eigenvalue weighted by Gasteiger charge is 2.10. The average molecular weight is 293 g/mol. The predicted molar refractivity (Wildman–Crippen MR) is 81.8 cm³/mol. The lowest BCUT2D eigenvalue weighted by Crippen LogP contribution is -2.40. The number of aliphatic imine (C=N–C) groups is 1. The number of methoxy groups -OCH3 is 1. The minimum Gasteiger partial charge on any atom is -0.490 e. The first-order valence-electron chi connectivity index (χ1n) is 7.13. The normalized spacial score (nSPS) is 16.2. The third kappa shape index (κ3) is 4.82. The number of hydrogen-bond acceptors (Lipinski definition) is 4. The second-order valence-electron chi connectivity index (χ2n) is 5.03. The lowest BCUT2D eigenvalue weighted by atomic mass is 10.2. The van der Waals surface area contributed by atoms with Crippen molar-refractivity contribution in [2.75, 3.05) is 26.9 Å². The van der Waals surface area contributed by atoms with Gasteiger partial charge < -0.3 is 25.3 Å². The highest BCUT2D eigenvalue weighted by molar-refractivity contribution is 5.78. The molecule has 0 saturated heterocycles. The summed E-state index contributed by atoms with van der Waals surface area (Å²) in [6.07, 6.45) is 0.899. The smallest absolute Gasteiger partial charge is 0.189 e. The molecule has 0 bridgehead atoms. The molecule has 0 fully saturated rings. The Morgan fingerprint density at radius 2 is 2.14 bits per heavy atom. The molecule has 0 aliphatic carbocycles. The van der Waals surface area contributed by atoms with Crippen molar-refractivity contribution in [3.05, 3.63) is 23.8 Å². The number of nitrogens with two attached hydrogens (primary N) is 1. The minimum atomic E-state index is 0.127. The molecule has 116 valence electrons. The molecule has 1 aliphatic heterocycles. The molecule has 0 aromatic heterocycles. The monoisotopic (exact) mass is 293 g/mol. The highest BCUT2D eigenvalue weighted by Crippen LogP contribution is 2.30. The summed E-state index contributed by atoms with van der Waals surface area (Å²) < 4.78 is 16.3. The van der Waals surface area contributed by atoms with Crippen LogP contribution >= 0.6 is 0 Å². The number of rotatable bonds is 5. The maximum Gasteiger partial charge on any atom is 0.189 e. The molecule has 0 radical (unpaired) electrons. The van der Waals surface area contributed by atoms with E-state index in [9.17, 15) is 0 Å². The van der Waals surface area contributed by atoms with E-state index >= 15 is 0 Å². The van der Waals surface area contributed by atoms with Gasteiger partial charge in [-0.1, -0.05) is 6.07 Å². The van der Waals surface area contributed by atoms with Crippen LogP contribution < -0.4 is 20.5 Å². The third-order valence-corrected chi connectivity index (χ3v) is 3.05. The molecule has 0 saturated carbocycles. The van der Waals surface area contributed by atoms with Crippen LogP contribution in [0, 0.1) is 0 Å². The number of nitrogens with zero attached hydrogens (tertiary/aromatic N) is 1. The van der Waals surface area contributed by atoms with Crippen molar-refractivity contribution in [1.82, 2.24) is 5.32 Å². The van der Waals surface area contributed by atoms with E-state index in [1.807, 2.05) is 25.1 Å². The predicted octanol–water partition coefficient (Wildman–Crippen LogP) is 1.29. The summed E-state index contributed by atoms with van der Waals surface area (Å²) in [5, 5.41) is 3.07. The number of benzene rings is 1. The summed E-state index contributed by atoms with van der Waals surface area (Å²) in [7, 11) is 1.66. The van der Waals surface area contributed by atoms with E-state index in [1.165, 1.54) is 0 Å². The second-order valence-corrected chi connectivity index (χ2v) is 5.03. The molecule has 1 heterocycles. The Hall–Kier alpha value is -1.95. The van der Waals surface area contributed by atoms with Gasteiger partial charge in [0.25, 0.3) is 0 Å². The number of nitrogens with one attached hydrogen (secondary N) is 1. The van der Waals surface area contributed by atoms with Crippen LogP contribution in [0.1, 0.15) is 18.9 Å². The van der Waals surface area contributed by atoms with Crippen molar-refractivity contribution in [2.24, 2.45) is 10.7 Å². The Bertz CT molecular complexity index is 491. The molecule has 2 rings (SSSR count). The zero-order valence-corrected chi connectivity index (χ0v) is 12.6. The zero-order valence-electron chi connectivity index (χ0n) is 12.6. The van der Waals surface area contributed by atoms with Crippen LogP contribution in [0.25, 0.3) is 0 Å². The summed E-state index contributed by atoms with van der Waals surface area (Å²) >= 11 is 0. The quantitative estimate of drug-likeness (QED) is 0.632. The summed E-state index contributed by atoms with van der Waals surface area (Å²) in [6, 6.07) is 5.98. The first-order chi connectivity index (χ1) is 10.2. The van der Waals surface area contributed by atoms with Crippen LogP contribution in [0.3, 0.4) is 0 Å². The van der Waals surface area contributed by atoms with Crippen molar-refractivity contribution in [3.8, 4) is 11.5 Å². The molecule has 1 aromatic carbocycles. The van der Waals surface area contributed by atoms with Gasteiger partial charge in [-0.3, -0.25) is 0 Å². The van der Waals surface area contributed by atoms with Gasteiger partial charge >= 0.3 is 0 Å². The van der Waals surface area contributed by atoms with Crippen LogP contribution in [0.5, 0.6) is 11.5 Å². The van der Waals surface area contributed by atoms with Crippen LogP contribution in [-0.2, 0) is 11.3 Å². The topological polar surface area (TPSA) is 78.1 Å². The fraction of sp³-hybridized carbons (Fsp3) is 0.533. The molecule has 0 spiro atoms. The minimum absolute atomic E-state index is 0.127. The Morgan fingerprint density at radius 3 is 2.90 bits per heavy atom. The maximum atomic E-state index is 5.84. The molecular weight excluding hydrogens is 270 g/mol. The summed E-state index contributed by atoms with van der Waals surface area (Å²) in [6.45, 7) is 4.44. The van der Waals surface area contributed by atoms with Gasteiger partial charge in [-0.15, -0.1) is 0 Å². The first-order valence-corrected chi connectivity index (χ1v) is 7.13. The van der Waals surface area contributed by atoms with Crippen molar-refractivity contribution >= 4 is 5.96 Å². The van der Waals surface area contributed by atoms with E-state index in [0.29, 0.717) is 32.3 Å². The Morgan fingerprint density at radius 1 is 1.38 bits per heavy atom. The Kier molecular flexibility index (Phi) is 5.68. The molecular formula is C15H23N3O3. The van der Waals surface area contributed by atoms with Gasteiger partial charge in [0.15, 0.2) is 17.5 Å². The van der Waals surface area contributed by atoms with Gasteiger partial charge in [0.2, 0.25) is 0 Å². The van der Waals surface area contributed by atoms with Gasteiger partial charge in [0.05, 0.1) is 26.4 Å². The lowest BCUT2D eigenvalue weighted by Gasteiger charge is -2.13. The summed E-state index contributed by atoms with van der Waals surface area (Å²) in [4.78, 5) is 4.32. The molecule has 0 amide bonds. The van der Waals surface area contributed by atoms with E-state index in [-0.39, 0.29) is 6.04 Å². The average Bonchev–Trinajstić information content (AvgIpc) is 2.70. The third-order valence-electron chi connectivity index (χ3n) is 3.05. The van der Waals surface area contributed by atoms with Crippen LogP contribution in [0.2, 0.25) is 0 Å². The molecule has 1 unspecified atom stereocenters. The van der Waals surface area contributed by atoms with Gasteiger partial charge in [-0.25, -0.2) is 4.99 Å². The van der Waals surface area contributed by atoms with E-state index < -0.39 is 0 Å². The van der Waals surface area contributed by atoms with Gasteiger partial charge in [-0.05, 0) is 24.6 Å². The molecule has 6 heteroatoms. The summed E-state index contributed by atoms with van der Waals surface area (Å²) in [5.41, 5.74) is 6.87. The van der Waals surface area contributed by atoms with Crippen molar-refractivity contribution < 1.29 is 14.2 Å². The molecule has 6 nitrogen and oxygen atoms in total. The van der Waals surface area contributed by atoms with Gasteiger partial charge in [-0.2, -0.15) is 0 Å². The Labute approximate surface area is 125 Å². The van der Waals surface area contributed by atoms with Gasteiger partial charge in [0.1, 0.15) is 0 Å². The number of ether oxygens (including phenoxy) is 3. The second kappa shape index (κ2) is 7.73. The van der Waals surface area contributed by atoms with Crippen LogP contribution in [0.4, 0.5) is 0 Å². The zero-order chi connectivity index (χ0) is 15.1. The number of hydrogen-bond donors (Lipinski definition) is 2. The standard InChI is InChI=1S/C15H23N3O3/c1-11(10-19-2)18-15(16)17-9-12-4-5-13-14(8-12)21-7-3-6-20-13/h4-5,8,11H,3,6-7,9-10H2,1-2H3,(H3,16,17,18). The molecule has 21 heavy (non-hydrogen) atoms. The van der Waals surface area contributed by atoms with Crippen molar-refractivity contribution in [1.29, 1.82) is 0 Å². The number of guanidine groups is 1. The molecule has 3 N–H and O–H groups in total. The van der Waals surface area contributed by atoms with Crippen molar-refractivity contribution in [3.63, 3.8) is 0 Å². The van der Waals surface area contributed by atoms with E-state index in [1.54, 1.807) is 7.11 Å². The SMILES string of the molecule is COCC(C)NC(N)=NCc1ccc2c(c1)OCCCO2. The van der Waals surface area contributed by atoms with Crippen LogP contribution in [0.15, 0.2) is 23.2 Å². The maximum absolute atomic E-state index is 5.84. The molecule has 1 aliphatic rings. The van der Waals surface area contributed by atoms with E-state index in [4.69, 9.17) is 19.9 Å². The highest BCUT2D eigenvalue weighted by atomic mass is 16.5. The van der Waals surface area contributed by atoms with E-state index in [2.05, 4.69) is 10.3 Å². The van der Waals surface area contributed by atoms with E-state index in [0.717, 1.165) is 23.5 Å².